The highest BCUT2D eigenvalue weighted by Gasteiger charge is 2.27. The number of amides is 1. The van der Waals surface area contributed by atoms with Crippen molar-refractivity contribution in [3.05, 3.63) is 41.7 Å². The molecule has 2 N–H and O–H groups in total. The fourth-order valence-electron chi connectivity index (χ4n) is 2.93. The van der Waals surface area contributed by atoms with Crippen LogP contribution in [0, 0.1) is 5.82 Å². The zero-order chi connectivity index (χ0) is 17.3. The van der Waals surface area contributed by atoms with Crippen LogP contribution >= 0.6 is 0 Å². The quantitative estimate of drug-likeness (QED) is 0.934. The minimum atomic E-state index is -0.400. The third-order valence-electron chi connectivity index (χ3n) is 4.17. The van der Waals surface area contributed by atoms with E-state index in [0.29, 0.717) is 24.6 Å². The van der Waals surface area contributed by atoms with Gasteiger partial charge in [-0.15, -0.1) is 5.10 Å². The molecular weight excluding hydrogens is 309 g/mol. The van der Waals surface area contributed by atoms with Gasteiger partial charge in [0.25, 0.3) is 5.91 Å². The highest BCUT2D eigenvalue weighted by molar-refractivity contribution is 5.90. The Labute approximate surface area is 140 Å². The molecule has 7 heteroatoms. The molecule has 3 rings (SSSR count). The van der Waals surface area contributed by atoms with Gasteiger partial charge in [-0.3, -0.25) is 4.79 Å². The van der Waals surface area contributed by atoms with Gasteiger partial charge in [0.15, 0.2) is 0 Å². The van der Waals surface area contributed by atoms with Gasteiger partial charge >= 0.3 is 0 Å². The molecule has 24 heavy (non-hydrogen) atoms. The Morgan fingerprint density at radius 1 is 1.38 bits per heavy atom. The van der Waals surface area contributed by atoms with Crippen LogP contribution in [-0.2, 0) is 0 Å². The minimum absolute atomic E-state index is 0.00210. The minimum Gasteiger partial charge on any atom is -0.334 e. The van der Waals surface area contributed by atoms with Crippen molar-refractivity contribution in [1.82, 2.24) is 19.7 Å². The average Bonchev–Trinajstić information content (AvgIpc) is 3.00. The van der Waals surface area contributed by atoms with E-state index in [2.05, 4.69) is 10.1 Å². The number of rotatable bonds is 3. The maximum Gasteiger partial charge on any atom is 0.293 e. The highest BCUT2D eigenvalue weighted by atomic mass is 19.1. The average molecular weight is 331 g/mol. The van der Waals surface area contributed by atoms with E-state index >= 15 is 0 Å². The second-order valence-electron chi connectivity index (χ2n) is 6.47. The van der Waals surface area contributed by atoms with E-state index in [-0.39, 0.29) is 23.7 Å². The van der Waals surface area contributed by atoms with Gasteiger partial charge in [0.2, 0.25) is 5.82 Å². The molecule has 0 spiro atoms. The smallest absolute Gasteiger partial charge is 0.293 e. The summed E-state index contributed by atoms with van der Waals surface area (Å²) >= 11 is 0. The normalized spacial score (nSPS) is 18.2. The molecule has 0 bridgehead atoms. The second-order valence-corrected chi connectivity index (χ2v) is 6.47. The van der Waals surface area contributed by atoms with Gasteiger partial charge in [0, 0.05) is 25.0 Å². The SMILES string of the molecule is CC(C)c1nc(C(=O)N2CCCC(N)C2)nn1-c1ccccc1F. The molecule has 1 unspecified atom stereocenters. The summed E-state index contributed by atoms with van der Waals surface area (Å²) in [6.45, 7) is 5.03. The summed E-state index contributed by atoms with van der Waals surface area (Å²) < 4.78 is 15.6. The number of benzene rings is 1. The number of nitrogens with zero attached hydrogens (tertiary/aromatic N) is 4. The van der Waals surface area contributed by atoms with E-state index in [4.69, 9.17) is 5.73 Å². The van der Waals surface area contributed by atoms with Crippen molar-refractivity contribution in [3.8, 4) is 5.69 Å². The first kappa shape index (κ1) is 16.6. The number of nitrogens with two attached hydrogens (primary N) is 1. The Hall–Kier alpha value is -2.28. The lowest BCUT2D eigenvalue weighted by Crippen LogP contribution is -2.46. The number of aromatic nitrogens is 3. The molecule has 1 fully saturated rings. The topological polar surface area (TPSA) is 77.0 Å². The molecule has 1 atom stereocenters. The van der Waals surface area contributed by atoms with Gasteiger partial charge in [-0.25, -0.2) is 14.1 Å². The molecule has 1 aromatic carbocycles. The van der Waals surface area contributed by atoms with E-state index in [9.17, 15) is 9.18 Å². The van der Waals surface area contributed by atoms with Gasteiger partial charge in [-0.05, 0) is 25.0 Å². The molecule has 1 aliphatic rings. The van der Waals surface area contributed by atoms with E-state index in [1.807, 2.05) is 13.8 Å². The van der Waals surface area contributed by atoms with Crippen molar-refractivity contribution in [3.63, 3.8) is 0 Å². The lowest BCUT2D eigenvalue weighted by Gasteiger charge is -2.29. The third-order valence-corrected chi connectivity index (χ3v) is 4.17. The van der Waals surface area contributed by atoms with Gasteiger partial charge in [-0.2, -0.15) is 0 Å². The summed E-state index contributed by atoms with van der Waals surface area (Å²) in [5.74, 6) is 0.00788. The van der Waals surface area contributed by atoms with Crippen LogP contribution in [-0.4, -0.2) is 44.7 Å². The summed E-state index contributed by atoms with van der Waals surface area (Å²) in [6, 6.07) is 6.33. The standard InChI is InChI=1S/C17H22FN5O/c1-11(2)16-20-15(17(24)22-9-5-6-12(19)10-22)21-23(16)14-8-4-3-7-13(14)18/h3-4,7-8,11-12H,5-6,9-10,19H2,1-2H3. The predicted molar refractivity (Wildman–Crippen MR) is 88.5 cm³/mol. The van der Waals surface area contributed by atoms with Gasteiger partial charge in [-0.1, -0.05) is 26.0 Å². The second kappa shape index (κ2) is 6.68. The molecule has 0 saturated carbocycles. The number of piperidine rings is 1. The monoisotopic (exact) mass is 331 g/mol. The van der Waals surface area contributed by atoms with Crippen LogP contribution in [0.1, 0.15) is 49.1 Å². The molecule has 0 aliphatic carbocycles. The number of hydrogen-bond donors (Lipinski definition) is 1. The number of halogens is 1. The number of hydrogen-bond acceptors (Lipinski definition) is 4. The first-order valence-corrected chi connectivity index (χ1v) is 8.24. The number of carbonyl (C=O) groups is 1. The van der Waals surface area contributed by atoms with Crippen LogP contribution in [0.25, 0.3) is 5.69 Å². The van der Waals surface area contributed by atoms with E-state index in [0.717, 1.165) is 12.8 Å². The van der Waals surface area contributed by atoms with E-state index in [1.54, 1.807) is 23.1 Å². The molecule has 1 aliphatic heterocycles. The van der Waals surface area contributed by atoms with Crippen molar-refractivity contribution >= 4 is 5.91 Å². The highest BCUT2D eigenvalue weighted by Crippen LogP contribution is 2.20. The number of para-hydroxylation sites is 1. The largest absolute Gasteiger partial charge is 0.334 e. The molecule has 2 heterocycles. The number of likely N-dealkylation sites (tertiary alicyclic amines) is 1. The van der Waals surface area contributed by atoms with Crippen molar-refractivity contribution < 1.29 is 9.18 Å². The van der Waals surface area contributed by atoms with E-state index < -0.39 is 5.82 Å². The van der Waals surface area contributed by atoms with Gasteiger partial charge in [0.05, 0.1) is 0 Å². The molecule has 2 aromatic rings. The van der Waals surface area contributed by atoms with Crippen LogP contribution in [0.5, 0.6) is 0 Å². The number of carbonyl (C=O) groups excluding carboxylic acids is 1. The molecular formula is C17H22FN5O. The Balaban J connectivity index is 1.97. The first-order chi connectivity index (χ1) is 11.5. The Morgan fingerprint density at radius 3 is 2.79 bits per heavy atom. The van der Waals surface area contributed by atoms with E-state index in [1.165, 1.54) is 10.7 Å². The zero-order valence-electron chi connectivity index (χ0n) is 13.9. The Kier molecular flexibility index (Phi) is 4.62. The summed E-state index contributed by atoms with van der Waals surface area (Å²) in [5.41, 5.74) is 6.24. The summed E-state index contributed by atoms with van der Waals surface area (Å²) in [4.78, 5) is 18.7. The lowest BCUT2D eigenvalue weighted by atomic mass is 10.1. The molecule has 1 aromatic heterocycles. The van der Waals surface area contributed by atoms with Crippen molar-refractivity contribution in [2.75, 3.05) is 13.1 Å². The molecule has 128 valence electrons. The molecule has 1 amide bonds. The summed E-state index contributed by atoms with van der Waals surface area (Å²) in [6.07, 6.45) is 1.79. The van der Waals surface area contributed by atoms with Gasteiger partial charge in [0.1, 0.15) is 17.3 Å². The first-order valence-electron chi connectivity index (χ1n) is 8.24. The maximum atomic E-state index is 14.1. The Bertz CT molecular complexity index is 742. The van der Waals surface area contributed by atoms with Crippen LogP contribution in [0.4, 0.5) is 4.39 Å². The van der Waals surface area contributed by atoms with Gasteiger partial charge < -0.3 is 10.6 Å². The fourth-order valence-corrected chi connectivity index (χ4v) is 2.93. The van der Waals surface area contributed by atoms with Crippen molar-refractivity contribution in [2.45, 2.75) is 38.6 Å². The van der Waals surface area contributed by atoms with Crippen molar-refractivity contribution in [1.29, 1.82) is 0 Å². The maximum absolute atomic E-state index is 14.1. The Morgan fingerprint density at radius 2 is 2.12 bits per heavy atom. The fraction of sp³-hybridized carbons (Fsp3) is 0.471. The van der Waals surface area contributed by atoms with Crippen LogP contribution in [0.15, 0.2) is 24.3 Å². The van der Waals surface area contributed by atoms with Crippen LogP contribution in [0.3, 0.4) is 0 Å². The summed E-state index contributed by atoms with van der Waals surface area (Å²) in [7, 11) is 0. The van der Waals surface area contributed by atoms with Crippen molar-refractivity contribution in [2.24, 2.45) is 5.73 Å². The molecule has 0 radical (unpaired) electrons. The van der Waals surface area contributed by atoms with Crippen LogP contribution in [0.2, 0.25) is 0 Å². The zero-order valence-corrected chi connectivity index (χ0v) is 13.9. The predicted octanol–water partition coefficient (Wildman–Crippen LogP) is 2.09. The summed E-state index contributed by atoms with van der Waals surface area (Å²) in [5, 5.41) is 4.30. The molecule has 6 nitrogen and oxygen atoms in total. The van der Waals surface area contributed by atoms with Crippen LogP contribution < -0.4 is 5.73 Å². The third kappa shape index (κ3) is 3.17. The lowest BCUT2D eigenvalue weighted by molar-refractivity contribution is 0.0696. The molecule has 1 saturated heterocycles.